The van der Waals surface area contributed by atoms with Gasteiger partial charge in [-0.05, 0) is 25.5 Å². The summed E-state index contributed by atoms with van der Waals surface area (Å²) < 4.78 is 16.1. The molecule has 0 aromatic carbocycles. The van der Waals surface area contributed by atoms with Crippen LogP contribution in [0, 0.1) is 0 Å². The molecule has 158 valence electrons. The zero-order valence-corrected chi connectivity index (χ0v) is 16.5. The quantitative estimate of drug-likeness (QED) is 0.196. The molecule has 0 aromatic rings. The number of methoxy groups -OCH3 is 1. The van der Waals surface area contributed by atoms with E-state index in [1.54, 1.807) is 7.11 Å². The zero-order valence-electron chi connectivity index (χ0n) is 16.5. The first-order valence-corrected chi connectivity index (χ1v) is 9.46. The maximum atomic E-state index is 11.8. The van der Waals surface area contributed by atoms with E-state index in [4.69, 9.17) is 25.7 Å². The van der Waals surface area contributed by atoms with Gasteiger partial charge in [0.2, 0.25) is 5.91 Å². The Bertz CT molecular complexity index is 593. The van der Waals surface area contributed by atoms with Crippen molar-refractivity contribution < 1.29 is 23.8 Å². The molecule has 0 aromatic heterocycles. The topological polar surface area (TPSA) is 142 Å². The van der Waals surface area contributed by atoms with Crippen LogP contribution >= 0.6 is 0 Å². The molecule has 0 radical (unpaired) electrons. The number of ether oxygens (including phenoxy) is 3. The van der Waals surface area contributed by atoms with Crippen LogP contribution in [0.2, 0.25) is 0 Å². The Balaban J connectivity index is 2.23. The Hall–Kier alpha value is -2.17. The van der Waals surface area contributed by atoms with Crippen molar-refractivity contribution in [3.05, 3.63) is 11.8 Å². The van der Waals surface area contributed by atoms with Crippen LogP contribution in [-0.2, 0) is 23.8 Å². The average molecular weight is 397 g/mol. The normalized spacial score (nSPS) is 28.1. The van der Waals surface area contributed by atoms with E-state index in [1.165, 1.54) is 6.92 Å². The minimum atomic E-state index is -0.436. The number of carbonyl (C=O) groups excluding carboxylic acids is 2. The number of piperidine rings is 1. The van der Waals surface area contributed by atoms with Gasteiger partial charge in [-0.3, -0.25) is 14.5 Å². The third-order valence-corrected chi connectivity index (χ3v) is 4.91. The second kappa shape index (κ2) is 11.0. The molecule has 4 atom stereocenters. The molecule has 28 heavy (non-hydrogen) atoms. The number of likely N-dealkylation sites (tertiary alicyclic amines) is 1. The van der Waals surface area contributed by atoms with Gasteiger partial charge in [0.1, 0.15) is 5.76 Å². The minimum absolute atomic E-state index is 0.0640. The first-order chi connectivity index (χ1) is 13.4. The fourth-order valence-electron chi connectivity index (χ4n) is 3.81. The van der Waals surface area contributed by atoms with Crippen molar-refractivity contribution in [2.24, 2.45) is 16.5 Å². The summed E-state index contributed by atoms with van der Waals surface area (Å²) in [7, 11) is 1.64. The molecule has 1 aliphatic carbocycles. The molecule has 0 saturated carbocycles. The number of nitrogens with zero attached hydrogens (tertiary/aromatic N) is 2. The Morgan fingerprint density at radius 3 is 2.86 bits per heavy atom. The fourth-order valence-corrected chi connectivity index (χ4v) is 3.81. The highest BCUT2D eigenvalue weighted by atomic mass is 16.5. The van der Waals surface area contributed by atoms with Crippen LogP contribution in [0.3, 0.4) is 0 Å². The Labute approximate surface area is 165 Å². The number of nitrogens with one attached hydrogen (secondary N) is 1. The van der Waals surface area contributed by atoms with Crippen LogP contribution in [0.4, 0.5) is 0 Å². The second-order valence-electron chi connectivity index (χ2n) is 7.01. The molecule has 2 aliphatic rings. The molecule has 0 bridgehead atoms. The van der Waals surface area contributed by atoms with Gasteiger partial charge in [-0.25, -0.2) is 4.99 Å². The van der Waals surface area contributed by atoms with Gasteiger partial charge in [0.25, 0.3) is 6.47 Å². The molecule has 1 saturated heterocycles. The maximum Gasteiger partial charge on any atom is 0.298 e. The van der Waals surface area contributed by atoms with Gasteiger partial charge in [-0.15, -0.1) is 0 Å². The van der Waals surface area contributed by atoms with Gasteiger partial charge < -0.3 is 31.0 Å². The summed E-state index contributed by atoms with van der Waals surface area (Å²) in [5.74, 6) is 0.230. The van der Waals surface area contributed by atoms with E-state index in [0.29, 0.717) is 38.4 Å². The van der Waals surface area contributed by atoms with Gasteiger partial charge in [0.15, 0.2) is 5.96 Å². The van der Waals surface area contributed by atoms with E-state index in [-0.39, 0.29) is 30.1 Å². The molecular weight excluding hydrogens is 366 g/mol. The summed E-state index contributed by atoms with van der Waals surface area (Å²) in [6.07, 6.45) is 4.15. The first kappa shape index (κ1) is 22.1. The van der Waals surface area contributed by atoms with Gasteiger partial charge in [0.05, 0.1) is 37.4 Å². The highest BCUT2D eigenvalue weighted by Gasteiger charge is 2.39. The van der Waals surface area contributed by atoms with Crippen molar-refractivity contribution in [3.8, 4) is 0 Å². The molecule has 10 heteroatoms. The smallest absolute Gasteiger partial charge is 0.298 e. The molecule has 5 N–H and O–H groups in total. The molecule has 10 nitrogen and oxygen atoms in total. The lowest BCUT2D eigenvalue weighted by molar-refractivity contribution is -0.126. The molecular formula is C18H31N5O5. The van der Waals surface area contributed by atoms with E-state index in [9.17, 15) is 9.59 Å². The summed E-state index contributed by atoms with van der Waals surface area (Å²) in [6.45, 7) is 4.42. The van der Waals surface area contributed by atoms with Crippen LogP contribution in [0.25, 0.3) is 0 Å². The Kier molecular flexibility index (Phi) is 8.68. The molecule has 0 spiro atoms. The summed E-state index contributed by atoms with van der Waals surface area (Å²) in [5, 5.41) is 2.97. The predicted molar refractivity (Wildman–Crippen MR) is 103 cm³/mol. The van der Waals surface area contributed by atoms with E-state index in [2.05, 4.69) is 15.2 Å². The lowest BCUT2D eigenvalue weighted by Crippen LogP contribution is -2.60. The highest BCUT2D eigenvalue weighted by molar-refractivity contribution is 5.76. The van der Waals surface area contributed by atoms with Crippen molar-refractivity contribution >= 4 is 18.3 Å². The standard InChI is InChI=1S/C18H31N5O5/c1-12(25)21-17-15(22-18(19)20)8-14(28-11-24)9-16(17)23-5-3-4-13(10-23)27-7-6-26-2/h9,11,13,15-17H,3-8,10H2,1-2H3,(H,21,25)(H4,19,20,22)/t13-,15+,16-,17-/m1/s1. The number of hydrogen-bond acceptors (Lipinski definition) is 7. The molecule has 1 fully saturated rings. The summed E-state index contributed by atoms with van der Waals surface area (Å²) in [6, 6.07) is -1.01. The number of nitrogens with two attached hydrogens (primary N) is 2. The molecule has 1 aliphatic heterocycles. The fraction of sp³-hybridized carbons (Fsp3) is 0.722. The summed E-state index contributed by atoms with van der Waals surface area (Å²) in [4.78, 5) is 29.2. The monoisotopic (exact) mass is 397 g/mol. The molecule has 0 unspecified atom stereocenters. The lowest BCUT2D eigenvalue weighted by Gasteiger charge is -2.44. The summed E-state index contributed by atoms with van der Waals surface area (Å²) >= 11 is 0. The van der Waals surface area contributed by atoms with Crippen LogP contribution < -0.4 is 16.8 Å². The lowest BCUT2D eigenvalue weighted by atomic mass is 9.88. The van der Waals surface area contributed by atoms with Crippen LogP contribution in [0.1, 0.15) is 26.2 Å². The van der Waals surface area contributed by atoms with Gasteiger partial charge >= 0.3 is 0 Å². The van der Waals surface area contributed by atoms with Crippen molar-refractivity contribution in [2.75, 3.05) is 33.4 Å². The molecule has 1 amide bonds. The number of amides is 1. The number of carbonyl (C=O) groups is 2. The number of aliphatic imine (C=N–C) groups is 1. The number of rotatable bonds is 9. The minimum Gasteiger partial charge on any atom is -0.433 e. The second-order valence-corrected chi connectivity index (χ2v) is 7.01. The van der Waals surface area contributed by atoms with E-state index < -0.39 is 6.04 Å². The third kappa shape index (κ3) is 6.47. The largest absolute Gasteiger partial charge is 0.433 e. The molecule has 1 heterocycles. The van der Waals surface area contributed by atoms with Crippen molar-refractivity contribution in [1.82, 2.24) is 10.2 Å². The van der Waals surface area contributed by atoms with Crippen LogP contribution in [0.5, 0.6) is 0 Å². The highest BCUT2D eigenvalue weighted by Crippen LogP contribution is 2.28. The van der Waals surface area contributed by atoms with Crippen LogP contribution in [-0.4, -0.2) is 80.9 Å². The Morgan fingerprint density at radius 2 is 2.21 bits per heavy atom. The average Bonchev–Trinajstić information content (AvgIpc) is 2.63. The maximum absolute atomic E-state index is 11.8. The number of guanidine groups is 1. The number of hydrogen-bond donors (Lipinski definition) is 3. The van der Waals surface area contributed by atoms with Crippen LogP contribution in [0.15, 0.2) is 16.8 Å². The predicted octanol–water partition coefficient (Wildman–Crippen LogP) is -0.910. The van der Waals surface area contributed by atoms with E-state index in [0.717, 1.165) is 19.4 Å². The zero-order chi connectivity index (χ0) is 20.5. The summed E-state index contributed by atoms with van der Waals surface area (Å²) in [5.41, 5.74) is 11.2. The van der Waals surface area contributed by atoms with Gasteiger partial charge in [0, 0.05) is 27.0 Å². The van der Waals surface area contributed by atoms with Crippen molar-refractivity contribution in [2.45, 2.75) is 50.4 Å². The van der Waals surface area contributed by atoms with Crippen molar-refractivity contribution in [1.29, 1.82) is 0 Å². The van der Waals surface area contributed by atoms with Gasteiger partial charge in [-0.2, -0.15) is 0 Å². The van der Waals surface area contributed by atoms with E-state index >= 15 is 0 Å². The molecule has 2 rings (SSSR count). The van der Waals surface area contributed by atoms with Gasteiger partial charge in [-0.1, -0.05) is 0 Å². The third-order valence-electron chi connectivity index (χ3n) is 4.91. The Morgan fingerprint density at radius 1 is 1.43 bits per heavy atom. The van der Waals surface area contributed by atoms with E-state index in [1.807, 2.05) is 6.08 Å². The van der Waals surface area contributed by atoms with Crippen molar-refractivity contribution in [3.63, 3.8) is 0 Å². The first-order valence-electron chi connectivity index (χ1n) is 9.46. The SMILES string of the molecule is COCCO[C@@H]1CCCN([C@@H]2C=C(OC=O)C[C@H](N=C(N)N)[C@H]2NC(C)=O)C1.